The Morgan fingerprint density at radius 2 is 1.97 bits per heavy atom. The molecule has 0 bridgehead atoms. The van der Waals surface area contributed by atoms with Crippen molar-refractivity contribution in [2.45, 2.75) is 71.0 Å². The van der Waals surface area contributed by atoms with Gasteiger partial charge in [-0.15, -0.1) is 0 Å². The molecule has 1 amide bonds. The number of hydrogen-bond donors (Lipinski definition) is 4. The SMILES string of the molecule is CC1(C)CC=C(/C=C/C(=C\C=C\NC(=O)c2ncc(C#N)[nH]2)C2C[C@](C)(CO)O[C@](C)(CO)C2)CC1. The van der Waals surface area contributed by atoms with Gasteiger partial charge in [0.1, 0.15) is 11.8 Å². The maximum Gasteiger partial charge on any atom is 0.291 e. The van der Waals surface area contributed by atoms with Crippen LogP contribution in [0.1, 0.15) is 76.1 Å². The standard InChI is InChI=1S/C28H38N4O4/c1-26(2)11-9-20(10-12-26)7-8-21(22-14-27(3,18-33)36-28(4,15-22)19-34)6-5-13-30-25(35)24-31-17-23(16-29)32-24/h5-9,13,17,22,33-34H,10-12,14-15,18-19H2,1-4H3,(H,30,35)(H,31,32)/b8-7+,13-5+,21-6+/t22?,27-,28+. The molecule has 1 aromatic heterocycles. The maximum atomic E-state index is 12.3. The molecule has 8 heteroatoms. The Balaban J connectivity index is 1.82. The molecule has 3 rings (SSSR count). The van der Waals surface area contributed by atoms with Gasteiger partial charge in [0.15, 0.2) is 5.82 Å². The third-order valence-corrected chi connectivity index (χ3v) is 7.00. The minimum absolute atomic E-state index is 0.0357. The summed E-state index contributed by atoms with van der Waals surface area (Å²) in [4.78, 5) is 18.8. The number of carbonyl (C=O) groups is 1. The lowest BCUT2D eigenvalue weighted by Crippen LogP contribution is -2.52. The molecule has 0 aromatic carbocycles. The van der Waals surface area contributed by atoms with Crippen molar-refractivity contribution in [1.82, 2.24) is 15.3 Å². The average Bonchev–Trinajstić information content (AvgIpc) is 3.33. The van der Waals surface area contributed by atoms with Gasteiger partial charge < -0.3 is 25.3 Å². The van der Waals surface area contributed by atoms with Gasteiger partial charge in [-0.1, -0.05) is 43.7 Å². The molecule has 8 nitrogen and oxygen atoms in total. The summed E-state index contributed by atoms with van der Waals surface area (Å²) in [7, 11) is 0. The summed E-state index contributed by atoms with van der Waals surface area (Å²) in [6.07, 6.45) is 17.5. The lowest BCUT2D eigenvalue weighted by molar-refractivity contribution is -0.212. The van der Waals surface area contributed by atoms with Gasteiger partial charge in [0.25, 0.3) is 5.91 Å². The summed E-state index contributed by atoms with van der Waals surface area (Å²) in [5, 5.41) is 31.6. The van der Waals surface area contributed by atoms with E-state index in [0.29, 0.717) is 18.3 Å². The fourth-order valence-electron chi connectivity index (χ4n) is 4.84. The molecule has 0 radical (unpaired) electrons. The van der Waals surface area contributed by atoms with Gasteiger partial charge in [0.2, 0.25) is 0 Å². The van der Waals surface area contributed by atoms with E-state index in [9.17, 15) is 15.0 Å². The van der Waals surface area contributed by atoms with Gasteiger partial charge in [0, 0.05) is 6.20 Å². The molecule has 2 aliphatic rings. The Kier molecular flexibility index (Phi) is 8.72. The van der Waals surface area contributed by atoms with Crippen LogP contribution < -0.4 is 5.32 Å². The first-order valence-corrected chi connectivity index (χ1v) is 12.4. The quantitative estimate of drug-likeness (QED) is 0.403. The number of imidazole rings is 1. The summed E-state index contributed by atoms with van der Waals surface area (Å²) in [6.45, 7) is 8.02. The van der Waals surface area contributed by atoms with Crippen LogP contribution in [0.5, 0.6) is 0 Å². The largest absolute Gasteiger partial charge is 0.393 e. The lowest BCUT2D eigenvalue weighted by Gasteiger charge is -2.47. The van der Waals surface area contributed by atoms with E-state index in [-0.39, 0.29) is 30.7 Å². The topological polar surface area (TPSA) is 131 Å². The van der Waals surface area contributed by atoms with E-state index in [1.54, 1.807) is 6.08 Å². The van der Waals surface area contributed by atoms with Gasteiger partial charge in [-0.3, -0.25) is 4.79 Å². The van der Waals surface area contributed by atoms with Crippen molar-refractivity contribution < 1.29 is 19.7 Å². The third-order valence-electron chi connectivity index (χ3n) is 7.00. The first kappa shape index (κ1) is 27.6. The number of nitriles is 1. The maximum absolute atomic E-state index is 12.3. The highest BCUT2D eigenvalue weighted by Crippen LogP contribution is 2.42. The summed E-state index contributed by atoms with van der Waals surface area (Å²) < 4.78 is 6.10. The monoisotopic (exact) mass is 494 g/mol. The number of carbonyl (C=O) groups excluding carboxylic acids is 1. The zero-order chi connectivity index (χ0) is 26.4. The molecular weight excluding hydrogens is 456 g/mol. The van der Waals surface area contributed by atoms with Crippen molar-refractivity contribution in [2.24, 2.45) is 11.3 Å². The number of aliphatic hydroxyl groups excluding tert-OH is 2. The van der Waals surface area contributed by atoms with Crippen LogP contribution in [0.2, 0.25) is 0 Å². The number of H-pyrrole nitrogens is 1. The van der Waals surface area contributed by atoms with E-state index >= 15 is 0 Å². The Morgan fingerprint density at radius 3 is 2.53 bits per heavy atom. The summed E-state index contributed by atoms with van der Waals surface area (Å²) >= 11 is 0. The molecule has 4 N–H and O–H groups in total. The van der Waals surface area contributed by atoms with Gasteiger partial charge >= 0.3 is 0 Å². The number of allylic oxidation sites excluding steroid dienone is 7. The van der Waals surface area contributed by atoms with Crippen LogP contribution in [0.25, 0.3) is 0 Å². The molecule has 2 heterocycles. The van der Waals surface area contributed by atoms with E-state index in [4.69, 9.17) is 10.00 Å². The van der Waals surface area contributed by atoms with Crippen molar-refractivity contribution in [3.05, 3.63) is 65.4 Å². The molecule has 3 atom stereocenters. The number of ether oxygens (including phenoxy) is 1. The van der Waals surface area contributed by atoms with Crippen LogP contribution in [-0.4, -0.2) is 50.5 Å². The van der Waals surface area contributed by atoms with Gasteiger partial charge in [-0.2, -0.15) is 5.26 Å². The summed E-state index contributed by atoms with van der Waals surface area (Å²) in [6, 6.07) is 1.91. The highest BCUT2D eigenvalue weighted by atomic mass is 16.5. The van der Waals surface area contributed by atoms with Crippen molar-refractivity contribution in [3.63, 3.8) is 0 Å². The molecule has 1 aromatic rings. The van der Waals surface area contributed by atoms with E-state index < -0.39 is 17.1 Å². The highest BCUT2D eigenvalue weighted by Gasteiger charge is 2.44. The molecule has 1 aliphatic carbocycles. The van der Waals surface area contributed by atoms with Crippen molar-refractivity contribution in [1.29, 1.82) is 5.26 Å². The molecule has 0 spiro atoms. The first-order chi connectivity index (χ1) is 17.0. The highest BCUT2D eigenvalue weighted by molar-refractivity contribution is 5.91. The van der Waals surface area contributed by atoms with E-state index in [1.807, 2.05) is 26.0 Å². The second kappa shape index (κ2) is 11.4. The molecule has 0 saturated carbocycles. The minimum Gasteiger partial charge on any atom is -0.393 e. The van der Waals surface area contributed by atoms with E-state index in [2.05, 4.69) is 47.4 Å². The second-order valence-corrected chi connectivity index (χ2v) is 11.2. The van der Waals surface area contributed by atoms with E-state index in [0.717, 1.165) is 24.8 Å². The van der Waals surface area contributed by atoms with Gasteiger partial charge in [0.05, 0.1) is 30.6 Å². The van der Waals surface area contributed by atoms with Crippen LogP contribution >= 0.6 is 0 Å². The predicted molar refractivity (Wildman–Crippen MR) is 138 cm³/mol. The number of aromatic amines is 1. The molecule has 36 heavy (non-hydrogen) atoms. The van der Waals surface area contributed by atoms with Crippen LogP contribution in [-0.2, 0) is 4.74 Å². The number of nitrogens with zero attached hydrogens (tertiary/aromatic N) is 2. The number of aromatic nitrogens is 2. The molecule has 1 unspecified atom stereocenters. The molecule has 194 valence electrons. The van der Waals surface area contributed by atoms with Crippen molar-refractivity contribution in [3.8, 4) is 6.07 Å². The molecule has 1 saturated heterocycles. The van der Waals surface area contributed by atoms with Gasteiger partial charge in [-0.25, -0.2) is 4.98 Å². The van der Waals surface area contributed by atoms with Crippen molar-refractivity contribution >= 4 is 5.91 Å². The number of hydrogen-bond acceptors (Lipinski definition) is 6. The fraction of sp³-hybridized carbons (Fsp3) is 0.536. The van der Waals surface area contributed by atoms with Crippen LogP contribution in [0.4, 0.5) is 0 Å². The molecular formula is C28H38N4O4. The van der Waals surface area contributed by atoms with Crippen LogP contribution in [0.3, 0.4) is 0 Å². The zero-order valence-electron chi connectivity index (χ0n) is 21.7. The zero-order valence-corrected chi connectivity index (χ0v) is 21.7. The van der Waals surface area contributed by atoms with Crippen LogP contribution in [0.15, 0.2) is 53.9 Å². The van der Waals surface area contributed by atoms with Crippen LogP contribution in [0, 0.1) is 22.7 Å². The predicted octanol–water partition coefficient (Wildman–Crippen LogP) is 4.07. The minimum atomic E-state index is -0.767. The Morgan fingerprint density at radius 1 is 1.28 bits per heavy atom. The number of nitrogens with one attached hydrogen (secondary N) is 2. The first-order valence-electron chi connectivity index (χ1n) is 12.4. The number of rotatable bonds is 8. The van der Waals surface area contributed by atoms with Crippen molar-refractivity contribution in [2.75, 3.05) is 13.2 Å². The average molecular weight is 495 g/mol. The molecule has 1 fully saturated rings. The summed E-state index contributed by atoms with van der Waals surface area (Å²) in [5.41, 5.74) is 1.33. The third kappa shape index (κ3) is 7.26. The lowest BCUT2D eigenvalue weighted by atomic mass is 9.75. The number of amides is 1. The Hall–Kier alpha value is -2.99. The normalized spacial score (nSPS) is 28.8. The van der Waals surface area contributed by atoms with Gasteiger partial charge in [-0.05, 0) is 68.9 Å². The second-order valence-electron chi connectivity index (χ2n) is 11.2. The molecule has 1 aliphatic heterocycles. The fourth-order valence-corrected chi connectivity index (χ4v) is 4.84. The van der Waals surface area contributed by atoms with E-state index in [1.165, 1.54) is 18.0 Å². The number of aliphatic hydroxyl groups is 2. The smallest absolute Gasteiger partial charge is 0.291 e. The Bertz CT molecular complexity index is 1090. The Labute approximate surface area is 213 Å². The summed E-state index contributed by atoms with van der Waals surface area (Å²) in [5.74, 6) is -0.345.